The minimum absolute atomic E-state index is 0.187. The number of benzene rings is 1. The summed E-state index contributed by atoms with van der Waals surface area (Å²) in [6.45, 7) is 9.38. The highest BCUT2D eigenvalue weighted by Crippen LogP contribution is 2.53. The maximum absolute atomic E-state index is 13.3. The van der Waals surface area contributed by atoms with E-state index in [9.17, 15) is 14.4 Å². The van der Waals surface area contributed by atoms with Crippen LogP contribution in [0.15, 0.2) is 18.2 Å². The van der Waals surface area contributed by atoms with Crippen molar-refractivity contribution in [2.75, 3.05) is 5.32 Å². The second-order valence-corrected chi connectivity index (χ2v) is 8.43. The number of hydrogen-bond acceptors (Lipinski definition) is 4. The van der Waals surface area contributed by atoms with Gasteiger partial charge in [0.15, 0.2) is 0 Å². The van der Waals surface area contributed by atoms with Gasteiger partial charge in [-0.2, -0.15) is 0 Å². The summed E-state index contributed by atoms with van der Waals surface area (Å²) < 4.78 is 0. The molecule has 3 aliphatic heterocycles. The molecule has 2 saturated heterocycles. The third kappa shape index (κ3) is 1.86. The van der Waals surface area contributed by atoms with Gasteiger partial charge in [0, 0.05) is 22.8 Å². The number of fused-ring (bicyclic) bond motifs is 4. The molecule has 0 aliphatic carbocycles. The Labute approximate surface area is 147 Å². The number of aryl methyl sites for hydroxylation is 1. The second-order valence-electron chi connectivity index (χ2n) is 8.43. The molecule has 3 heterocycles. The van der Waals surface area contributed by atoms with Gasteiger partial charge in [-0.1, -0.05) is 17.7 Å². The predicted molar refractivity (Wildman–Crippen MR) is 92.7 cm³/mol. The Kier molecular flexibility index (Phi) is 3.06. The molecular formula is C19H23N3O3. The van der Waals surface area contributed by atoms with E-state index >= 15 is 0 Å². The predicted octanol–water partition coefficient (Wildman–Crippen LogP) is 1.53. The standard InChI is InChI=1S/C19H23N3O3/c1-9-6-7-12-11(8-9)19(17(25)20-12)14-13(10(2)21-19)15(23)22(16(14)24)18(3,4)5/h6-8,10,13-14,21H,1-5H3,(H,20,25)/t10?,13-,14+,19?/m1/s1. The van der Waals surface area contributed by atoms with Gasteiger partial charge in [-0.25, -0.2) is 0 Å². The zero-order chi connectivity index (χ0) is 18.3. The molecule has 0 radical (unpaired) electrons. The lowest BCUT2D eigenvalue weighted by atomic mass is 9.76. The highest BCUT2D eigenvalue weighted by molar-refractivity contribution is 6.15. The summed E-state index contributed by atoms with van der Waals surface area (Å²) >= 11 is 0. The minimum Gasteiger partial charge on any atom is -0.324 e. The van der Waals surface area contributed by atoms with Gasteiger partial charge >= 0.3 is 0 Å². The van der Waals surface area contributed by atoms with Crippen LogP contribution >= 0.6 is 0 Å². The summed E-state index contributed by atoms with van der Waals surface area (Å²) in [7, 11) is 0. The molecule has 6 nitrogen and oxygen atoms in total. The molecule has 0 bridgehead atoms. The van der Waals surface area contributed by atoms with E-state index in [-0.39, 0.29) is 23.8 Å². The van der Waals surface area contributed by atoms with Crippen LogP contribution in [0.3, 0.4) is 0 Å². The van der Waals surface area contributed by atoms with E-state index in [4.69, 9.17) is 0 Å². The van der Waals surface area contributed by atoms with Gasteiger partial charge in [-0.05, 0) is 40.7 Å². The Hall–Kier alpha value is -2.21. The van der Waals surface area contributed by atoms with Crippen molar-refractivity contribution in [3.8, 4) is 0 Å². The molecule has 0 saturated carbocycles. The number of likely N-dealkylation sites (tertiary alicyclic amines) is 1. The molecule has 2 unspecified atom stereocenters. The number of hydrogen-bond donors (Lipinski definition) is 2. The number of imide groups is 1. The van der Waals surface area contributed by atoms with Crippen molar-refractivity contribution in [1.29, 1.82) is 0 Å². The largest absolute Gasteiger partial charge is 0.324 e. The van der Waals surface area contributed by atoms with Crippen molar-refractivity contribution < 1.29 is 14.4 Å². The summed E-state index contributed by atoms with van der Waals surface area (Å²) in [4.78, 5) is 40.6. The average molecular weight is 341 g/mol. The Morgan fingerprint density at radius 1 is 1.12 bits per heavy atom. The number of nitrogens with one attached hydrogen (secondary N) is 2. The lowest BCUT2D eigenvalue weighted by molar-refractivity contribution is -0.147. The zero-order valence-electron chi connectivity index (χ0n) is 15.1. The van der Waals surface area contributed by atoms with E-state index in [1.807, 2.05) is 52.8 Å². The van der Waals surface area contributed by atoms with Crippen molar-refractivity contribution in [2.24, 2.45) is 11.8 Å². The van der Waals surface area contributed by atoms with Crippen molar-refractivity contribution in [2.45, 2.75) is 51.7 Å². The molecule has 132 valence electrons. The summed E-state index contributed by atoms with van der Waals surface area (Å²) in [5.41, 5.74) is 0.721. The van der Waals surface area contributed by atoms with Crippen LogP contribution in [0.4, 0.5) is 5.69 Å². The van der Waals surface area contributed by atoms with E-state index in [2.05, 4.69) is 10.6 Å². The lowest BCUT2D eigenvalue weighted by Gasteiger charge is -2.34. The Morgan fingerprint density at radius 3 is 2.44 bits per heavy atom. The van der Waals surface area contributed by atoms with Crippen LogP contribution in [0.2, 0.25) is 0 Å². The second kappa shape index (κ2) is 4.69. The maximum Gasteiger partial charge on any atom is 0.250 e. The van der Waals surface area contributed by atoms with Gasteiger partial charge in [0.25, 0.3) is 0 Å². The van der Waals surface area contributed by atoms with Gasteiger partial charge in [0.1, 0.15) is 5.54 Å². The van der Waals surface area contributed by atoms with E-state index in [1.54, 1.807) is 0 Å². The number of amides is 3. The van der Waals surface area contributed by atoms with Crippen molar-refractivity contribution in [3.05, 3.63) is 29.3 Å². The molecule has 2 fully saturated rings. The normalized spacial score (nSPS) is 33.9. The number of carbonyl (C=O) groups is 3. The zero-order valence-corrected chi connectivity index (χ0v) is 15.1. The molecular weight excluding hydrogens is 318 g/mol. The average Bonchev–Trinajstić information content (AvgIpc) is 3.04. The first-order valence-electron chi connectivity index (χ1n) is 8.67. The first kappa shape index (κ1) is 16.3. The van der Waals surface area contributed by atoms with Crippen LogP contribution in [-0.4, -0.2) is 34.2 Å². The summed E-state index contributed by atoms with van der Waals surface area (Å²) in [5.74, 6) is -1.93. The highest BCUT2D eigenvalue weighted by Gasteiger charge is 2.70. The van der Waals surface area contributed by atoms with Crippen LogP contribution in [0.1, 0.15) is 38.8 Å². The summed E-state index contributed by atoms with van der Waals surface area (Å²) in [6, 6.07) is 5.47. The fourth-order valence-corrected chi connectivity index (χ4v) is 4.74. The van der Waals surface area contributed by atoms with E-state index in [1.165, 1.54) is 4.90 Å². The van der Waals surface area contributed by atoms with Crippen molar-refractivity contribution in [3.63, 3.8) is 0 Å². The first-order valence-corrected chi connectivity index (χ1v) is 8.67. The SMILES string of the molecule is Cc1ccc2c(c1)C1(NC(C)[C@H]3C(=O)N(C(C)(C)C)C(=O)[C@H]31)C(=O)N2. The fourth-order valence-electron chi connectivity index (χ4n) is 4.74. The monoisotopic (exact) mass is 341 g/mol. The summed E-state index contributed by atoms with van der Waals surface area (Å²) in [6.07, 6.45) is 0. The van der Waals surface area contributed by atoms with Crippen LogP contribution in [-0.2, 0) is 19.9 Å². The van der Waals surface area contributed by atoms with Crippen LogP contribution < -0.4 is 10.6 Å². The highest BCUT2D eigenvalue weighted by atomic mass is 16.2. The van der Waals surface area contributed by atoms with Gasteiger partial charge in [-0.15, -0.1) is 0 Å². The molecule has 3 amide bonds. The van der Waals surface area contributed by atoms with Crippen molar-refractivity contribution >= 4 is 23.4 Å². The van der Waals surface area contributed by atoms with Gasteiger partial charge in [0.2, 0.25) is 17.7 Å². The molecule has 2 N–H and O–H groups in total. The molecule has 0 aromatic heterocycles. The van der Waals surface area contributed by atoms with Crippen LogP contribution in [0, 0.1) is 18.8 Å². The molecule has 1 aromatic carbocycles. The van der Waals surface area contributed by atoms with Crippen LogP contribution in [0.5, 0.6) is 0 Å². The maximum atomic E-state index is 13.3. The molecule has 25 heavy (non-hydrogen) atoms. The molecule has 1 spiro atoms. The number of anilines is 1. The first-order chi connectivity index (χ1) is 11.6. The Morgan fingerprint density at radius 2 is 1.80 bits per heavy atom. The molecule has 4 atom stereocenters. The topological polar surface area (TPSA) is 78.5 Å². The number of carbonyl (C=O) groups excluding carboxylic acids is 3. The summed E-state index contributed by atoms with van der Waals surface area (Å²) in [5, 5.41) is 6.21. The third-order valence-corrected chi connectivity index (χ3v) is 5.69. The molecule has 3 aliphatic rings. The Bertz CT molecular complexity index is 826. The number of nitrogens with zero attached hydrogens (tertiary/aromatic N) is 1. The minimum atomic E-state index is -1.17. The fraction of sp³-hybridized carbons (Fsp3) is 0.526. The van der Waals surface area contributed by atoms with E-state index in [0.717, 1.165) is 11.1 Å². The van der Waals surface area contributed by atoms with E-state index < -0.39 is 22.9 Å². The molecule has 1 aromatic rings. The van der Waals surface area contributed by atoms with Gasteiger partial charge < -0.3 is 5.32 Å². The van der Waals surface area contributed by atoms with Gasteiger partial charge in [-0.3, -0.25) is 24.6 Å². The smallest absolute Gasteiger partial charge is 0.250 e. The van der Waals surface area contributed by atoms with E-state index in [0.29, 0.717) is 5.69 Å². The van der Waals surface area contributed by atoms with Crippen molar-refractivity contribution in [1.82, 2.24) is 10.2 Å². The quantitative estimate of drug-likeness (QED) is 0.702. The van der Waals surface area contributed by atoms with Gasteiger partial charge in [0.05, 0.1) is 11.8 Å². The molecule has 4 rings (SSSR count). The number of rotatable bonds is 0. The molecule has 6 heteroatoms. The third-order valence-electron chi connectivity index (χ3n) is 5.69. The lowest BCUT2D eigenvalue weighted by Crippen LogP contribution is -2.55. The Balaban J connectivity index is 1.92. The van der Waals surface area contributed by atoms with Crippen LogP contribution in [0.25, 0.3) is 0 Å².